The standard InChI is InChI=1S/C16H10N2O4S/c19-16(13-8-10-4-1-2-6-12(10)23-13)21-9-14-17-18-15(22-14)11-5-3-7-20-11/h1-8H,9H2. The highest BCUT2D eigenvalue weighted by Crippen LogP contribution is 2.26. The fourth-order valence-corrected chi connectivity index (χ4v) is 3.05. The fraction of sp³-hybridized carbons (Fsp3) is 0.0625. The van der Waals surface area contributed by atoms with E-state index in [1.54, 1.807) is 12.1 Å². The van der Waals surface area contributed by atoms with Crippen molar-refractivity contribution < 1.29 is 18.4 Å². The number of thiophene rings is 1. The summed E-state index contributed by atoms with van der Waals surface area (Å²) in [6, 6.07) is 13.0. The van der Waals surface area contributed by atoms with Crippen molar-refractivity contribution in [3.8, 4) is 11.7 Å². The van der Waals surface area contributed by atoms with Crippen LogP contribution in [0.3, 0.4) is 0 Å². The van der Waals surface area contributed by atoms with Gasteiger partial charge in [0, 0.05) is 4.70 Å². The molecule has 114 valence electrons. The van der Waals surface area contributed by atoms with Crippen LogP contribution in [0.25, 0.3) is 21.7 Å². The van der Waals surface area contributed by atoms with Crippen LogP contribution in [0, 0.1) is 0 Å². The molecule has 0 aliphatic rings. The van der Waals surface area contributed by atoms with E-state index in [0.29, 0.717) is 10.6 Å². The maximum absolute atomic E-state index is 12.1. The Morgan fingerprint density at radius 1 is 1.17 bits per heavy atom. The van der Waals surface area contributed by atoms with Crippen LogP contribution < -0.4 is 0 Å². The average molecular weight is 326 g/mol. The number of hydrogen-bond acceptors (Lipinski definition) is 7. The lowest BCUT2D eigenvalue weighted by molar-refractivity contribution is 0.0444. The topological polar surface area (TPSA) is 78.4 Å². The summed E-state index contributed by atoms with van der Waals surface area (Å²) in [5.41, 5.74) is 0. The van der Waals surface area contributed by atoms with Crippen molar-refractivity contribution >= 4 is 27.4 Å². The van der Waals surface area contributed by atoms with E-state index in [9.17, 15) is 4.79 Å². The molecule has 3 heterocycles. The molecule has 0 saturated heterocycles. The van der Waals surface area contributed by atoms with Crippen molar-refractivity contribution in [3.63, 3.8) is 0 Å². The molecule has 0 amide bonds. The van der Waals surface area contributed by atoms with Gasteiger partial charge in [0.25, 0.3) is 11.8 Å². The zero-order valence-electron chi connectivity index (χ0n) is 11.8. The largest absolute Gasteiger partial charge is 0.459 e. The second-order valence-electron chi connectivity index (χ2n) is 4.70. The number of furan rings is 1. The molecule has 4 aromatic rings. The minimum atomic E-state index is -0.413. The van der Waals surface area contributed by atoms with Crippen molar-refractivity contribution in [1.82, 2.24) is 10.2 Å². The normalized spacial score (nSPS) is 11.0. The maximum Gasteiger partial charge on any atom is 0.348 e. The van der Waals surface area contributed by atoms with Crippen LogP contribution in [0.2, 0.25) is 0 Å². The van der Waals surface area contributed by atoms with E-state index in [1.165, 1.54) is 17.6 Å². The lowest BCUT2D eigenvalue weighted by atomic mass is 10.2. The lowest BCUT2D eigenvalue weighted by Crippen LogP contribution is -2.03. The molecule has 23 heavy (non-hydrogen) atoms. The fourth-order valence-electron chi connectivity index (χ4n) is 2.09. The first-order valence-corrected chi connectivity index (χ1v) is 7.63. The molecule has 0 aliphatic carbocycles. The molecule has 0 aliphatic heterocycles. The number of esters is 1. The van der Waals surface area contributed by atoms with Gasteiger partial charge in [0.1, 0.15) is 4.88 Å². The van der Waals surface area contributed by atoms with Crippen molar-refractivity contribution in [2.45, 2.75) is 6.61 Å². The molecular weight excluding hydrogens is 316 g/mol. The Morgan fingerprint density at radius 3 is 2.91 bits per heavy atom. The molecule has 6 nitrogen and oxygen atoms in total. The summed E-state index contributed by atoms with van der Waals surface area (Å²) in [5, 5.41) is 8.69. The van der Waals surface area contributed by atoms with Crippen molar-refractivity contribution in [1.29, 1.82) is 0 Å². The number of aromatic nitrogens is 2. The van der Waals surface area contributed by atoms with Crippen molar-refractivity contribution in [2.75, 3.05) is 0 Å². The maximum atomic E-state index is 12.1. The van der Waals surface area contributed by atoms with E-state index in [-0.39, 0.29) is 18.4 Å². The smallest absolute Gasteiger partial charge is 0.348 e. The monoisotopic (exact) mass is 326 g/mol. The summed E-state index contributed by atoms with van der Waals surface area (Å²) >= 11 is 1.39. The molecule has 1 aromatic carbocycles. The van der Waals surface area contributed by atoms with Gasteiger partial charge < -0.3 is 13.6 Å². The third-order valence-corrected chi connectivity index (χ3v) is 4.25. The zero-order chi connectivity index (χ0) is 15.6. The first kappa shape index (κ1) is 13.7. The molecule has 0 radical (unpaired) electrons. The zero-order valence-corrected chi connectivity index (χ0v) is 12.6. The van der Waals surface area contributed by atoms with E-state index in [1.807, 2.05) is 30.3 Å². The number of benzene rings is 1. The minimum absolute atomic E-state index is 0.0826. The third-order valence-electron chi connectivity index (χ3n) is 3.15. The molecule has 0 spiro atoms. The second-order valence-corrected chi connectivity index (χ2v) is 5.79. The summed E-state index contributed by atoms with van der Waals surface area (Å²) < 4.78 is 16.8. The Morgan fingerprint density at radius 2 is 2.09 bits per heavy atom. The third kappa shape index (κ3) is 2.74. The van der Waals surface area contributed by atoms with Gasteiger partial charge in [-0.2, -0.15) is 0 Å². The van der Waals surface area contributed by atoms with Gasteiger partial charge in [0.15, 0.2) is 12.4 Å². The van der Waals surface area contributed by atoms with E-state index in [0.717, 1.165) is 10.1 Å². The van der Waals surface area contributed by atoms with Crippen LogP contribution in [0.15, 0.2) is 57.6 Å². The van der Waals surface area contributed by atoms with Crippen molar-refractivity contribution in [2.24, 2.45) is 0 Å². The molecule has 7 heteroatoms. The average Bonchev–Trinajstić information content (AvgIpc) is 3.31. The quantitative estimate of drug-likeness (QED) is 0.529. The highest BCUT2D eigenvalue weighted by atomic mass is 32.1. The van der Waals surface area contributed by atoms with E-state index >= 15 is 0 Å². The summed E-state index contributed by atoms with van der Waals surface area (Å²) in [5.74, 6) is 0.525. The Labute approximate surface area is 134 Å². The van der Waals surface area contributed by atoms with Crippen LogP contribution in [0.4, 0.5) is 0 Å². The molecule has 0 bridgehead atoms. The molecule has 0 unspecified atom stereocenters. The second kappa shape index (κ2) is 5.69. The van der Waals surface area contributed by atoms with Gasteiger partial charge in [-0.3, -0.25) is 0 Å². The SMILES string of the molecule is O=C(OCc1nnc(-c2ccco2)o1)c1cc2ccccc2s1. The Balaban J connectivity index is 1.45. The Hall–Kier alpha value is -2.93. The van der Waals surface area contributed by atoms with Gasteiger partial charge in [-0.05, 0) is 29.7 Å². The van der Waals surface area contributed by atoms with Gasteiger partial charge in [-0.15, -0.1) is 21.5 Å². The van der Waals surface area contributed by atoms with Crippen LogP contribution in [0.5, 0.6) is 0 Å². The van der Waals surface area contributed by atoms with E-state index < -0.39 is 5.97 Å². The lowest BCUT2D eigenvalue weighted by Gasteiger charge is -1.98. The predicted octanol–water partition coefficient (Wildman–Crippen LogP) is 3.90. The van der Waals surface area contributed by atoms with E-state index in [4.69, 9.17) is 13.6 Å². The Kier molecular flexibility index (Phi) is 3.39. The first-order valence-electron chi connectivity index (χ1n) is 6.81. The van der Waals surface area contributed by atoms with Crippen LogP contribution in [0.1, 0.15) is 15.6 Å². The summed E-state index contributed by atoms with van der Waals surface area (Å²) in [6.07, 6.45) is 1.51. The van der Waals surface area contributed by atoms with Crippen molar-refractivity contribution in [3.05, 3.63) is 59.5 Å². The molecule has 0 atom stereocenters. The summed E-state index contributed by atoms with van der Waals surface area (Å²) in [7, 11) is 0. The number of fused-ring (bicyclic) bond motifs is 1. The number of nitrogens with zero attached hydrogens (tertiary/aromatic N) is 2. The number of hydrogen-bond donors (Lipinski definition) is 0. The summed E-state index contributed by atoms with van der Waals surface area (Å²) in [6.45, 7) is -0.0826. The first-order chi connectivity index (χ1) is 11.3. The minimum Gasteiger partial charge on any atom is -0.459 e. The molecule has 0 N–H and O–H groups in total. The van der Waals surface area contributed by atoms with Crippen LogP contribution in [-0.4, -0.2) is 16.2 Å². The van der Waals surface area contributed by atoms with Gasteiger partial charge in [0.05, 0.1) is 6.26 Å². The predicted molar refractivity (Wildman–Crippen MR) is 82.9 cm³/mol. The molecule has 0 saturated carbocycles. The van der Waals surface area contributed by atoms with Crippen LogP contribution >= 0.6 is 11.3 Å². The van der Waals surface area contributed by atoms with E-state index in [2.05, 4.69) is 10.2 Å². The number of carbonyl (C=O) groups is 1. The number of ether oxygens (including phenoxy) is 1. The van der Waals surface area contributed by atoms with Gasteiger partial charge in [-0.1, -0.05) is 18.2 Å². The van der Waals surface area contributed by atoms with Gasteiger partial charge >= 0.3 is 5.97 Å². The molecule has 4 rings (SSSR count). The Bertz CT molecular complexity index is 922. The molecule has 0 fully saturated rings. The molecular formula is C16H10N2O4S. The van der Waals surface area contributed by atoms with Gasteiger partial charge in [-0.25, -0.2) is 4.79 Å². The highest BCUT2D eigenvalue weighted by Gasteiger charge is 2.15. The highest BCUT2D eigenvalue weighted by molar-refractivity contribution is 7.20. The summed E-state index contributed by atoms with van der Waals surface area (Å²) in [4.78, 5) is 12.6. The number of rotatable bonds is 4. The van der Waals surface area contributed by atoms with Gasteiger partial charge in [0.2, 0.25) is 0 Å². The van der Waals surface area contributed by atoms with Crippen LogP contribution in [-0.2, 0) is 11.3 Å². The number of carbonyl (C=O) groups excluding carboxylic acids is 1. The molecule has 3 aromatic heterocycles.